The van der Waals surface area contributed by atoms with Gasteiger partial charge in [-0.25, -0.2) is 4.79 Å². The van der Waals surface area contributed by atoms with Gasteiger partial charge in [-0.3, -0.25) is 14.6 Å². The molecule has 7 nitrogen and oxygen atoms in total. The number of carbonyl (C=O) groups is 2. The Kier molecular flexibility index (Phi) is 4.22. The van der Waals surface area contributed by atoms with Gasteiger partial charge in [-0.05, 0) is 13.8 Å². The van der Waals surface area contributed by atoms with E-state index in [0.29, 0.717) is 21.1 Å². The van der Waals surface area contributed by atoms with E-state index in [1.807, 2.05) is 0 Å². The topological polar surface area (TPSA) is 97.4 Å². The van der Waals surface area contributed by atoms with Crippen molar-refractivity contribution in [1.29, 1.82) is 5.41 Å². The second kappa shape index (κ2) is 6.32. The highest BCUT2D eigenvalue weighted by Gasteiger charge is 2.21. The number of fused-ring (bicyclic) bond motifs is 1. The molecule has 3 rings (SSSR count). The van der Waals surface area contributed by atoms with Gasteiger partial charge in [0.15, 0.2) is 11.2 Å². The number of aryl methyl sites for hydroxylation is 1. The van der Waals surface area contributed by atoms with Crippen LogP contribution in [0.3, 0.4) is 0 Å². The normalized spacial score (nSPS) is 10.8. The molecule has 0 aliphatic heterocycles. The summed E-state index contributed by atoms with van der Waals surface area (Å²) in [6.45, 7) is 3.67. The Morgan fingerprint density at radius 1 is 1.25 bits per heavy atom. The highest BCUT2D eigenvalue weighted by molar-refractivity contribution is 7.18. The number of nitrogens with zero attached hydrogens (tertiary/aromatic N) is 3. The van der Waals surface area contributed by atoms with Crippen LogP contribution in [0.5, 0.6) is 0 Å². The van der Waals surface area contributed by atoms with Gasteiger partial charge in [0.1, 0.15) is 4.88 Å². The second-order valence-electron chi connectivity index (χ2n) is 4.95. The molecule has 0 atom stereocenters. The summed E-state index contributed by atoms with van der Waals surface area (Å²) in [6.07, 6.45) is 0. The van der Waals surface area contributed by atoms with Crippen molar-refractivity contribution in [2.75, 3.05) is 6.61 Å². The van der Waals surface area contributed by atoms with Crippen LogP contribution < -0.4 is 5.49 Å². The van der Waals surface area contributed by atoms with Crippen LogP contribution in [0, 0.1) is 12.3 Å². The standard InChI is InChI=1S/C16H14N4O3S/c1-3-23-15(22)13-9(2)20-14(17)11(18-19-16(20)24-13)12(21)10-7-5-4-6-8-10/h4-8,17H,3H2,1-2H3. The first kappa shape index (κ1) is 16.0. The quantitative estimate of drug-likeness (QED) is 0.577. The zero-order chi connectivity index (χ0) is 17.3. The summed E-state index contributed by atoms with van der Waals surface area (Å²) >= 11 is 1.09. The molecule has 1 aromatic carbocycles. The Morgan fingerprint density at radius 2 is 1.96 bits per heavy atom. The first-order valence-electron chi connectivity index (χ1n) is 7.25. The van der Waals surface area contributed by atoms with Gasteiger partial charge < -0.3 is 4.74 Å². The van der Waals surface area contributed by atoms with E-state index in [0.717, 1.165) is 11.3 Å². The number of esters is 1. The minimum Gasteiger partial charge on any atom is -0.462 e. The van der Waals surface area contributed by atoms with Crippen molar-refractivity contribution in [3.63, 3.8) is 0 Å². The van der Waals surface area contributed by atoms with Gasteiger partial charge in [-0.1, -0.05) is 41.7 Å². The highest BCUT2D eigenvalue weighted by atomic mass is 32.1. The number of nitrogens with one attached hydrogen (secondary N) is 1. The molecule has 0 unspecified atom stereocenters. The number of carbonyl (C=O) groups excluding carboxylic acids is 2. The lowest BCUT2D eigenvalue weighted by Gasteiger charge is -2.03. The molecule has 0 aliphatic rings. The third-order valence-electron chi connectivity index (χ3n) is 3.44. The van der Waals surface area contributed by atoms with Crippen LogP contribution in [0.25, 0.3) is 4.96 Å². The minimum atomic E-state index is -0.471. The summed E-state index contributed by atoms with van der Waals surface area (Å²) in [6, 6.07) is 8.59. The van der Waals surface area contributed by atoms with Crippen molar-refractivity contribution in [3.05, 3.63) is 57.6 Å². The molecular formula is C16H14N4O3S. The van der Waals surface area contributed by atoms with E-state index in [9.17, 15) is 9.59 Å². The van der Waals surface area contributed by atoms with Gasteiger partial charge >= 0.3 is 5.97 Å². The molecule has 24 heavy (non-hydrogen) atoms. The fourth-order valence-electron chi connectivity index (χ4n) is 2.30. The number of thiazole rings is 1. The molecule has 0 amide bonds. The Labute approximate surface area is 141 Å². The Hall–Kier alpha value is -2.87. The lowest BCUT2D eigenvalue weighted by atomic mass is 10.1. The summed E-state index contributed by atoms with van der Waals surface area (Å²) in [5.74, 6) is -0.855. The molecule has 0 saturated carbocycles. The summed E-state index contributed by atoms with van der Waals surface area (Å²) in [5, 5.41) is 16.2. The third kappa shape index (κ3) is 2.61. The van der Waals surface area contributed by atoms with Gasteiger partial charge in [0, 0.05) is 11.3 Å². The Balaban J connectivity index is 2.15. The molecule has 0 radical (unpaired) electrons. The number of benzene rings is 1. The van der Waals surface area contributed by atoms with Crippen molar-refractivity contribution in [1.82, 2.24) is 14.6 Å². The molecule has 0 spiro atoms. The Morgan fingerprint density at radius 3 is 2.62 bits per heavy atom. The average Bonchev–Trinajstić information content (AvgIpc) is 2.93. The molecule has 122 valence electrons. The lowest BCUT2D eigenvalue weighted by molar-refractivity contribution is 0.0530. The number of ketones is 1. The van der Waals surface area contributed by atoms with Crippen LogP contribution in [0.1, 0.15) is 38.3 Å². The predicted molar refractivity (Wildman–Crippen MR) is 87.3 cm³/mol. The maximum atomic E-state index is 12.5. The zero-order valence-electron chi connectivity index (χ0n) is 13.1. The van der Waals surface area contributed by atoms with Crippen molar-refractivity contribution in [3.8, 4) is 0 Å². The van der Waals surface area contributed by atoms with Crippen molar-refractivity contribution < 1.29 is 14.3 Å². The van der Waals surface area contributed by atoms with Gasteiger partial charge in [-0.15, -0.1) is 10.2 Å². The number of hydrogen-bond donors (Lipinski definition) is 1. The number of hydrogen-bond acceptors (Lipinski definition) is 7. The molecule has 0 bridgehead atoms. The summed E-state index contributed by atoms with van der Waals surface area (Å²) in [7, 11) is 0. The van der Waals surface area contributed by atoms with Crippen LogP contribution in [-0.4, -0.2) is 33.0 Å². The molecule has 0 aliphatic carbocycles. The highest BCUT2D eigenvalue weighted by Crippen LogP contribution is 2.20. The van der Waals surface area contributed by atoms with Crippen molar-refractivity contribution in [2.24, 2.45) is 0 Å². The van der Waals surface area contributed by atoms with E-state index in [1.54, 1.807) is 44.2 Å². The fourth-order valence-corrected chi connectivity index (χ4v) is 3.26. The summed E-state index contributed by atoms with van der Waals surface area (Å²) in [4.78, 5) is 25.2. The second-order valence-corrected chi connectivity index (χ2v) is 5.92. The van der Waals surface area contributed by atoms with Crippen LogP contribution >= 0.6 is 11.3 Å². The van der Waals surface area contributed by atoms with E-state index < -0.39 is 5.97 Å². The molecule has 8 heteroatoms. The van der Waals surface area contributed by atoms with Gasteiger partial charge in [-0.2, -0.15) is 0 Å². The number of aromatic nitrogens is 3. The summed E-state index contributed by atoms with van der Waals surface area (Å²) in [5.41, 5.74) is 0.780. The maximum absolute atomic E-state index is 12.5. The smallest absolute Gasteiger partial charge is 0.350 e. The number of rotatable bonds is 4. The van der Waals surface area contributed by atoms with E-state index in [1.165, 1.54) is 4.40 Å². The van der Waals surface area contributed by atoms with Gasteiger partial charge in [0.25, 0.3) is 0 Å². The molecule has 2 aromatic heterocycles. The third-order valence-corrected chi connectivity index (χ3v) is 4.56. The van der Waals surface area contributed by atoms with Crippen LogP contribution in [0.4, 0.5) is 0 Å². The SMILES string of the molecule is CCOC(=O)c1sc2nnc(C(=O)c3ccccc3)c(=N)n2c1C. The largest absolute Gasteiger partial charge is 0.462 e. The summed E-state index contributed by atoms with van der Waals surface area (Å²) < 4.78 is 6.45. The number of ether oxygens (including phenoxy) is 1. The molecule has 0 fully saturated rings. The monoisotopic (exact) mass is 342 g/mol. The molecule has 2 heterocycles. The van der Waals surface area contributed by atoms with E-state index in [-0.39, 0.29) is 23.6 Å². The van der Waals surface area contributed by atoms with Gasteiger partial charge in [0.2, 0.25) is 10.7 Å². The molecular weight excluding hydrogens is 328 g/mol. The minimum absolute atomic E-state index is 0.0602. The lowest BCUT2D eigenvalue weighted by Crippen LogP contribution is -2.26. The van der Waals surface area contributed by atoms with Gasteiger partial charge in [0.05, 0.1) is 6.61 Å². The predicted octanol–water partition coefficient (Wildman–Crippen LogP) is 1.99. The van der Waals surface area contributed by atoms with Crippen LogP contribution in [0.2, 0.25) is 0 Å². The van der Waals surface area contributed by atoms with Crippen molar-refractivity contribution in [2.45, 2.75) is 13.8 Å². The van der Waals surface area contributed by atoms with Crippen LogP contribution in [0.15, 0.2) is 30.3 Å². The maximum Gasteiger partial charge on any atom is 0.350 e. The first-order chi connectivity index (χ1) is 11.5. The molecule has 0 saturated heterocycles. The fraction of sp³-hybridized carbons (Fsp3) is 0.188. The van der Waals surface area contributed by atoms with Crippen LogP contribution in [-0.2, 0) is 4.74 Å². The average molecular weight is 342 g/mol. The first-order valence-corrected chi connectivity index (χ1v) is 8.06. The molecule has 3 aromatic rings. The van der Waals surface area contributed by atoms with Crippen molar-refractivity contribution >= 4 is 28.1 Å². The van der Waals surface area contributed by atoms with E-state index >= 15 is 0 Å². The molecule has 1 N–H and O–H groups in total. The zero-order valence-corrected chi connectivity index (χ0v) is 13.9. The van der Waals surface area contributed by atoms with E-state index in [4.69, 9.17) is 10.1 Å². The van der Waals surface area contributed by atoms with E-state index in [2.05, 4.69) is 10.2 Å². The Bertz CT molecular complexity index is 992.